The fraction of sp³-hybridized carbons (Fsp3) is 0.357. The molecule has 0 spiro atoms. The molecule has 1 aliphatic rings. The summed E-state index contributed by atoms with van der Waals surface area (Å²) in [6.07, 6.45) is 6.72. The second kappa shape index (κ2) is 8.77. The van der Waals surface area contributed by atoms with E-state index in [1.54, 1.807) is 6.20 Å². The molecule has 2 aromatic rings. The van der Waals surface area contributed by atoms with E-state index in [1.165, 1.54) is 5.56 Å². The van der Waals surface area contributed by atoms with Gasteiger partial charge in [-0.15, -0.1) is 24.8 Å². The molecule has 1 N–H and O–H groups in total. The van der Waals surface area contributed by atoms with E-state index in [2.05, 4.69) is 20.9 Å². The molecule has 7 heteroatoms. The normalized spacial score (nSPS) is 11.6. The second-order valence-electron chi connectivity index (χ2n) is 4.52. The molecule has 0 unspecified atom stereocenters. The SMILES string of the molecule is Cl.Cl.c1cn(CCCNCc2ccc3c(c2)OCO3)cn1. The molecule has 0 fully saturated rings. The number of aryl methyl sites for hydroxylation is 1. The molecule has 0 aliphatic carbocycles. The van der Waals surface area contributed by atoms with Crippen molar-refractivity contribution in [1.29, 1.82) is 0 Å². The van der Waals surface area contributed by atoms with Crippen molar-refractivity contribution in [3.63, 3.8) is 0 Å². The highest BCUT2D eigenvalue weighted by molar-refractivity contribution is 5.85. The largest absolute Gasteiger partial charge is 0.454 e. The summed E-state index contributed by atoms with van der Waals surface area (Å²) in [7, 11) is 0. The maximum absolute atomic E-state index is 5.36. The maximum Gasteiger partial charge on any atom is 0.231 e. The minimum absolute atomic E-state index is 0. The number of halogens is 2. The van der Waals surface area contributed by atoms with E-state index in [-0.39, 0.29) is 24.8 Å². The average molecular weight is 332 g/mol. The van der Waals surface area contributed by atoms with Crippen molar-refractivity contribution in [3.8, 4) is 11.5 Å². The van der Waals surface area contributed by atoms with Crippen LogP contribution >= 0.6 is 24.8 Å². The predicted octanol–water partition coefficient (Wildman–Crippen LogP) is 2.64. The van der Waals surface area contributed by atoms with Crippen molar-refractivity contribution < 1.29 is 9.47 Å². The number of hydrogen-bond donors (Lipinski definition) is 1. The Kier molecular flexibility index (Phi) is 7.36. The first kappa shape index (κ1) is 17.6. The standard InChI is InChI=1S/C14H17N3O2.2ClH/c1(6-17-7-5-16-10-17)4-15-9-12-2-3-13-14(8-12)19-11-18-13;;/h2-3,5,7-8,10,15H,1,4,6,9,11H2;2*1H. The van der Waals surface area contributed by atoms with Gasteiger partial charge in [-0.1, -0.05) is 6.07 Å². The van der Waals surface area contributed by atoms with Gasteiger partial charge in [-0.25, -0.2) is 4.98 Å². The van der Waals surface area contributed by atoms with Gasteiger partial charge in [0.25, 0.3) is 0 Å². The van der Waals surface area contributed by atoms with Crippen LogP contribution in [0.25, 0.3) is 0 Å². The lowest BCUT2D eigenvalue weighted by Gasteiger charge is -2.06. The topological polar surface area (TPSA) is 48.3 Å². The van der Waals surface area contributed by atoms with Gasteiger partial charge < -0.3 is 19.4 Å². The quantitative estimate of drug-likeness (QED) is 0.826. The molecular formula is C14H19Cl2N3O2. The Balaban J connectivity index is 0.00000110. The van der Waals surface area contributed by atoms with Crippen molar-refractivity contribution >= 4 is 24.8 Å². The lowest BCUT2D eigenvalue weighted by Crippen LogP contribution is -2.16. The van der Waals surface area contributed by atoms with Crippen molar-refractivity contribution in [2.24, 2.45) is 0 Å². The van der Waals surface area contributed by atoms with Crippen molar-refractivity contribution in [2.75, 3.05) is 13.3 Å². The van der Waals surface area contributed by atoms with Crippen LogP contribution in [0.2, 0.25) is 0 Å². The molecule has 0 amide bonds. The van der Waals surface area contributed by atoms with E-state index in [0.29, 0.717) is 6.79 Å². The first-order valence-corrected chi connectivity index (χ1v) is 6.47. The summed E-state index contributed by atoms with van der Waals surface area (Å²) >= 11 is 0. The maximum atomic E-state index is 5.36. The summed E-state index contributed by atoms with van der Waals surface area (Å²) in [5, 5.41) is 3.43. The number of nitrogens with zero attached hydrogens (tertiary/aromatic N) is 2. The van der Waals surface area contributed by atoms with Gasteiger partial charge >= 0.3 is 0 Å². The van der Waals surface area contributed by atoms with Gasteiger partial charge in [-0.05, 0) is 30.7 Å². The summed E-state index contributed by atoms with van der Waals surface area (Å²) in [6, 6.07) is 6.06. The van der Waals surface area contributed by atoms with Gasteiger partial charge in [-0.3, -0.25) is 0 Å². The molecule has 2 heterocycles. The summed E-state index contributed by atoms with van der Waals surface area (Å²) in [4.78, 5) is 4.02. The van der Waals surface area contributed by atoms with E-state index in [0.717, 1.165) is 37.6 Å². The Hall–Kier alpha value is -1.43. The number of hydrogen-bond acceptors (Lipinski definition) is 4. The van der Waals surface area contributed by atoms with Gasteiger partial charge in [0.1, 0.15) is 0 Å². The molecule has 3 rings (SSSR count). The van der Waals surface area contributed by atoms with Crippen LogP contribution in [0.5, 0.6) is 11.5 Å². The van der Waals surface area contributed by atoms with E-state index < -0.39 is 0 Å². The molecule has 1 aliphatic heterocycles. The third-order valence-electron chi connectivity index (χ3n) is 3.10. The Morgan fingerprint density at radius 3 is 2.86 bits per heavy atom. The highest BCUT2D eigenvalue weighted by Crippen LogP contribution is 2.32. The van der Waals surface area contributed by atoms with E-state index in [9.17, 15) is 0 Å². The van der Waals surface area contributed by atoms with Crippen LogP contribution in [-0.2, 0) is 13.1 Å². The van der Waals surface area contributed by atoms with Crippen LogP contribution in [0.15, 0.2) is 36.9 Å². The van der Waals surface area contributed by atoms with Gasteiger partial charge in [0.15, 0.2) is 11.5 Å². The molecule has 5 nitrogen and oxygen atoms in total. The minimum Gasteiger partial charge on any atom is -0.454 e. The van der Waals surface area contributed by atoms with Gasteiger partial charge in [-0.2, -0.15) is 0 Å². The summed E-state index contributed by atoms with van der Waals surface area (Å²) in [5.41, 5.74) is 1.21. The molecule has 1 aromatic carbocycles. The van der Waals surface area contributed by atoms with Crippen molar-refractivity contribution in [2.45, 2.75) is 19.5 Å². The summed E-state index contributed by atoms with van der Waals surface area (Å²) in [5.74, 6) is 1.68. The number of nitrogens with one attached hydrogen (secondary N) is 1. The average Bonchev–Trinajstić information content (AvgIpc) is 3.08. The lowest BCUT2D eigenvalue weighted by atomic mass is 10.2. The van der Waals surface area contributed by atoms with Crippen LogP contribution in [0.4, 0.5) is 0 Å². The van der Waals surface area contributed by atoms with Gasteiger partial charge in [0, 0.05) is 25.5 Å². The van der Waals surface area contributed by atoms with Crippen molar-refractivity contribution in [1.82, 2.24) is 14.9 Å². The summed E-state index contributed by atoms with van der Waals surface area (Å²) in [6.45, 7) is 3.15. The van der Waals surface area contributed by atoms with Gasteiger partial charge in [0.05, 0.1) is 6.33 Å². The molecule has 0 radical (unpaired) electrons. The van der Waals surface area contributed by atoms with Crippen LogP contribution in [0, 0.1) is 0 Å². The molecule has 1 aromatic heterocycles. The van der Waals surface area contributed by atoms with Crippen molar-refractivity contribution in [3.05, 3.63) is 42.5 Å². The second-order valence-corrected chi connectivity index (χ2v) is 4.52. The predicted molar refractivity (Wildman–Crippen MR) is 85.6 cm³/mol. The minimum atomic E-state index is 0. The number of rotatable bonds is 6. The van der Waals surface area contributed by atoms with Crippen LogP contribution < -0.4 is 14.8 Å². The summed E-state index contributed by atoms with van der Waals surface area (Å²) < 4.78 is 12.7. The zero-order valence-corrected chi connectivity index (χ0v) is 13.2. The van der Waals surface area contributed by atoms with E-state index in [4.69, 9.17) is 9.47 Å². The zero-order valence-electron chi connectivity index (χ0n) is 11.5. The molecular weight excluding hydrogens is 313 g/mol. The van der Waals surface area contributed by atoms with E-state index in [1.807, 2.05) is 24.7 Å². The van der Waals surface area contributed by atoms with Gasteiger partial charge in [0.2, 0.25) is 6.79 Å². The molecule has 21 heavy (non-hydrogen) atoms. The highest BCUT2D eigenvalue weighted by atomic mass is 35.5. The van der Waals surface area contributed by atoms with Crippen LogP contribution in [-0.4, -0.2) is 22.9 Å². The highest BCUT2D eigenvalue weighted by Gasteiger charge is 2.12. The Morgan fingerprint density at radius 2 is 2.05 bits per heavy atom. The number of imidazole rings is 1. The molecule has 0 saturated heterocycles. The zero-order chi connectivity index (χ0) is 12.9. The number of fused-ring (bicyclic) bond motifs is 1. The molecule has 0 saturated carbocycles. The third-order valence-corrected chi connectivity index (χ3v) is 3.10. The number of ether oxygens (including phenoxy) is 2. The number of aromatic nitrogens is 2. The number of benzene rings is 1. The first-order valence-electron chi connectivity index (χ1n) is 6.47. The fourth-order valence-electron chi connectivity index (χ4n) is 2.09. The smallest absolute Gasteiger partial charge is 0.231 e. The lowest BCUT2D eigenvalue weighted by molar-refractivity contribution is 0.174. The molecule has 0 bridgehead atoms. The monoisotopic (exact) mass is 331 g/mol. The Labute approximate surface area is 136 Å². The van der Waals surface area contributed by atoms with E-state index >= 15 is 0 Å². The first-order chi connectivity index (χ1) is 9.42. The Bertz CT molecular complexity index is 535. The van der Waals surface area contributed by atoms with Crippen LogP contribution in [0.1, 0.15) is 12.0 Å². The Morgan fingerprint density at radius 1 is 1.19 bits per heavy atom. The van der Waals surface area contributed by atoms with Crippen LogP contribution in [0.3, 0.4) is 0 Å². The molecule has 0 atom stereocenters. The fourth-order valence-corrected chi connectivity index (χ4v) is 2.09. The molecule has 116 valence electrons. The third kappa shape index (κ3) is 4.81.